The largest absolute Gasteiger partial charge is 0.404 e. The van der Waals surface area contributed by atoms with E-state index in [2.05, 4.69) is 16.0 Å². The van der Waals surface area contributed by atoms with Crippen LogP contribution >= 0.6 is 11.6 Å². The van der Waals surface area contributed by atoms with Crippen LogP contribution in [0.1, 0.15) is 25.0 Å². The minimum Gasteiger partial charge on any atom is -0.291 e. The molecule has 1 aromatic carbocycles. The number of aromatic nitrogens is 3. The van der Waals surface area contributed by atoms with Crippen LogP contribution in [0.5, 0.6) is 0 Å². The maximum absolute atomic E-state index is 14.7. The second-order valence-corrected chi connectivity index (χ2v) is 10.2. The molecule has 3 heterocycles. The number of sulfonamides is 1. The summed E-state index contributed by atoms with van der Waals surface area (Å²) in [5.74, 6) is -0.213. The van der Waals surface area contributed by atoms with Gasteiger partial charge in [0.2, 0.25) is 10.0 Å². The van der Waals surface area contributed by atoms with Gasteiger partial charge in [-0.05, 0) is 49.2 Å². The highest BCUT2D eigenvalue weighted by atomic mass is 35.5. The summed E-state index contributed by atoms with van der Waals surface area (Å²) >= 11 is 6.17. The second-order valence-electron chi connectivity index (χ2n) is 8.08. The zero-order chi connectivity index (χ0) is 27.1. The lowest BCUT2D eigenvalue weighted by Crippen LogP contribution is -2.42. The van der Waals surface area contributed by atoms with Gasteiger partial charge in [-0.15, -0.1) is 0 Å². The molecule has 0 aliphatic carbocycles. The van der Waals surface area contributed by atoms with E-state index < -0.39 is 33.0 Å². The monoisotopic (exact) mass is 551 g/mol. The number of hydrogen-bond donors (Lipinski definition) is 1. The zero-order valence-electron chi connectivity index (χ0n) is 19.3. The Labute approximate surface area is 214 Å². The molecule has 192 valence electrons. The summed E-state index contributed by atoms with van der Waals surface area (Å²) in [5, 5.41) is 10.6. The third kappa shape index (κ3) is 5.02. The Kier molecular flexibility index (Phi) is 6.98. The zero-order valence-corrected chi connectivity index (χ0v) is 20.9. The number of alkyl halides is 3. The molecule has 1 N–H and O–H groups in total. The number of nitrogens with zero attached hydrogens (tertiary/aromatic N) is 4. The van der Waals surface area contributed by atoms with Crippen LogP contribution in [-0.4, -0.2) is 35.2 Å². The van der Waals surface area contributed by atoms with Crippen molar-refractivity contribution in [2.45, 2.75) is 37.4 Å². The molecule has 0 spiro atoms. The van der Waals surface area contributed by atoms with Gasteiger partial charge in [0, 0.05) is 28.9 Å². The maximum Gasteiger partial charge on any atom is 0.404 e. The molecule has 4 aromatic rings. The van der Waals surface area contributed by atoms with Gasteiger partial charge < -0.3 is 0 Å². The highest BCUT2D eigenvalue weighted by molar-refractivity contribution is 7.89. The van der Waals surface area contributed by atoms with Gasteiger partial charge >= 0.3 is 6.18 Å². The predicted octanol–water partition coefficient (Wildman–Crippen LogP) is 5.54. The number of rotatable bonds is 6. The van der Waals surface area contributed by atoms with Crippen molar-refractivity contribution in [2.75, 3.05) is 0 Å². The van der Waals surface area contributed by atoms with Crippen LogP contribution in [0.4, 0.5) is 17.6 Å². The van der Waals surface area contributed by atoms with Crippen molar-refractivity contribution in [1.29, 1.82) is 5.26 Å². The Morgan fingerprint density at radius 3 is 2.49 bits per heavy atom. The van der Waals surface area contributed by atoms with Crippen molar-refractivity contribution in [3.05, 3.63) is 70.8 Å². The van der Waals surface area contributed by atoms with Gasteiger partial charge in [-0.2, -0.15) is 23.2 Å². The van der Waals surface area contributed by atoms with Crippen LogP contribution in [0, 0.1) is 17.1 Å². The number of nitrogens with one attached hydrogen (secondary N) is 1. The van der Waals surface area contributed by atoms with Gasteiger partial charge in [-0.3, -0.25) is 9.55 Å². The summed E-state index contributed by atoms with van der Waals surface area (Å²) < 4.78 is 81.3. The third-order valence-corrected chi connectivity index (χ3v) is 7.44. The highest BCUT2D eigenvalue weighted by Gasteiger charge is 2.39. The Balaban J connectivity index is 1.93. The molecule has 0 aliphatic heterocycles. The maximum atomic E-state index is 14.7. The summed E-state index contributed by atoms with van der Waals surface area (Å²) in [4.78, 5) is 7.95. The van der Waals surface area contributed by atoms with E-state index in [4.69, 9.17) is 11.6 Å². The quantitative estimate of drug-likeness (QED) is 0.317. The summed E-state index contributed by atoms with van der Waals surface area (Å²) in [7, 11) is -4.55. The molecule has 7 nitrogen and oxygen atoms in total. The molecule has 3 aromatic heterocycles. The molecular formula is C24H18ClF4N5O2S. The Morgan fingerprint density at radius 2 is 1.92 bits per heavy atom. The van der Waals surface area contributed by atoms with E-state index in [1.165, 1.54) is 24.4 Å². The average molecular weight is 552 g/mol. The van der Waals surface area contributed by atoms with Crippen LogP contribution in [0.25, 0.3) is 28.1 Å². The van der Waals surface area contributed by atoms with E-state index in [1.807, 2.05) is 0 Å². The van der Waals surface area contributed by atoms with E-state index in [9.17, 15) is 31.2 Å². The lowest BCUT2D eigenvalue weighted by Gasteiger charge is -2.17. The van der Waals surface area contributed by atoms with E-state index in [0.29, 0.717) is 35.3 Å². The van der Waals surface area contributed by atoms with Gasteiger partial charge in [0.05, 0.1) is 22.5 Å². The van der Waals surface area contributed by atoms with Gasteiger partial charge in [0.1, 0.15) is 28.6 Å². The van der Waals surface area contributed by atoms with Crippen molar-refractivity contribution in [1.82, 2.24) is 19.3 Å². The predicted molar refractivity (Wildman–Crippen MR) is 129 cm³/mol. The number of hydrogen-bond acceptors (Lipinski definition) is 5. The number of aryl methyl sites for hydroxylation is 1. The normalized spacial score (nSPS) is 13.0. The first-order valence-corrected chi connectivity index (χ1v) is 12.7. The molecule has 13 heteroatoms. The summed E-state index contributed by atoms with van der Waals surface area (Å²) in [6.45, 7) is 2.45. The van der Waals surface area contributed by atoms with E-state index >= 15 is 0 Å². The van der Waals surface area contributed by atoms with Gasteiger partial charge in [0.15, 0.2) is 0 Å². The molecule has 0 amide bonds. The van der Waals surface area contributed by atoms with Crippen LogP contribution < -0.4 is 4.72 Å². The molecule has 0 saturated heterocycles. The Morgan fingerprint density at radius 1 is 1.19 bits per heavy atom. The summed E-state index contributed by atoms with van der Waals surface area (Å²) in [6.07, 6.45) is -2.07. The van der Waals surface area contributed by atoms with E-state index in [0.717, 1.165) is 12.3 Å². The first kappa shape index (κ1) is 26.5. The third-order valence-electron chi connectivity index (χ3n) is 5.68. The van der Waals surface area contributed by atoms with Crippen molar-refractivity contribution in [3.63, 3.8) is 0 Å². The molecule has 4 rings (SSSR count). The van der Waals surface area contributed by atoms with Crippen LogP contribution in [0.2, 0.25) is 5.02 Å². The fourth-order valence-electron chi connectivity index (χ4n) is 3.78. The molecule has 37 heavy (non-hydrogen) atoms. The SMILES string of the molecule is CCc1cc2c(cc1F)c(C#N)c(-c1ccc(S(=O)(=O)NC(C)C(F)(F)F)cn1)n2-c1cc(Cl)ccn1. The minimum atomic E-state index is -4.78. The molecule has 0 fully saturated rings. The second kappa shape index (κ2) is 9.74. The topological polar surface area (TPSA) is 101 Å². The first-order valence-electron chi connectivity index (χ1n) is 10.8. The summed E-state index contributed by atoms with van der Waals surface area (Å²) in [5.41, 5.74) is 1.17. The van der Waals surface area contributed by atoms with Gasteiger partial charge in [-0.1, -0.05) is 18.5 Å². The first-order chi connectivity index (χ1) is 17.4. The molecule has 1 atom stereocenters. The molecular weight excluding hydrogens is 534 g/mol. The Hall–Kier alpha value is -3.53. The molecule has 1 unspecified atom stereocenters. The molecule has 0 aliphatic rings. The number of benzene rings is 1. The van der Waals surface area contributed by atoms with Crippen molar-refractivity contribution < 1.29 is 26.0 Å². The lowest BCUT2D eigenvalue weighted by molar-refractivity contribution is -0.147. The van der Waals surface area contributed by atoms with Crippen LogP contribution in [-0.2, 0) is 16.4 Å². The smallest absolute Gasteiger partial charge is 0.291 e. The van der Waals surface area contributed by atoms with Crippen molar-refractivity contribution >= 4 is 32.5 Å². The van der Waals surface area contributed by atoms with Gasteiger partial charge in [0.25, 0.3) is 0 Å². The molecule has 0 radical (unpaired) electrons. The summed E-state index contributed by atoms with van der Waals surface area (Å²) in [6, 6.07) is 7.95. The molecule has 0 saturated carbocycles. The lowest BCUT2D eigenvalue weighted by atomic mass is 10.1. The van der Waals surface area contributed by atoms with Crippen LogP contribution in [0.3, 0.4) is 0 Å². The average Bonchev–Trinajstić information content (AvgIpc) is 3.15. The number of fused-ring (bicyclic) bond motifs is 1. The number of nitriles is 1. The van der Waals surface area contributed by atoms with E-state index in [1.54, 1.807) is 28.3 Å². The fourth-order valence-corrected chi connectivity index (χ4v) is 5.11. The minimum absolute atomic E-state index is 0.0465. The van der Waals surface area contributed by atoms with Crippen molar-refractivity contribution in [2.24, 2.45) is 0 Å². The van der Waals surface area contributed by atoms with Gasteiger partial charge in [-0.25, -0.2) is 17.8 Å². The molecule has 0 bridgehead atoms. The number of pyridine rings is 2. The van der Waals surface area contributed by atoms with Crippen LogP contribution in [0.15, 0.2) is 53.7 Å². The number of halogens is 5. The highest BCUT2D eigenvalue weighted by Crippen LogP contribution is 2.37. The van der Waals surface area contributed by atoms with E-state index in [-0.39, 0.29) is 22.3 Å². The fraction of sp³-hybridized carbons (Fsp3) is 0.208. The standard InChI is InChI=1S/C24H18ClF4N5O2S/c1-3-14-8-21-17(10-19(14)26)18(11-30)23(34(21)22-9-15(25)6-7-31-22)20-5-4-16(12-32-20)37(35,36)33-13(2)24(27,28)29/h4-10,12-13,33H,3H2,1-2H3. The Bertz CT molecular complexity index is 1650. The van der Waals surface area contributed by atoms with Crippen molar-refractivity contribution in [3.8, 4) is 23.3 Å².